The Kier molecular flexibility index (Phi) is 2.19. The predicted molar refractivity (Wildman–Crippen MR) is 55.5 cm³/mol. The fraction of sp³-hybridized carbons (Fsp3) is 0.300. The van der Waals surface area contributed by atoms with Crippen LogP contribution in [0.3, 0.4) is 0 Å². The summed E-state index contributed by atoms with van der Waals surface area (Å²) in [6.07, 6.45) is 0. The number of nitrogens with zero attached hydrogens (tertiary/aromatic N) is 1. The lowest BCUT2D eigenvalue weighted by atomic mass is 10.1. The summed E-state index contributed by atoms with van der Waals surface area (Å²) in [5.41, 5.74) is 1.25. The zero-order valence-electron chi connectivity index (χ0n) is 7.43. The zero-order valence-corrected chi connectivity index (χ0v) is 8.25. The molecule has 0 aromatic heterocycles. The molecule has 0 saturated carbocycles. The van der Waals surface area contributed by atoms with Gasteiger partial charge in [0.2, 0.25) is 0 Å². The summed E-state index contributed by atoms with van der Waals surface area (Å²) in [6.45, 7) is 0.666. The highest BCUT2D eigenvalue weighted by atomic mass is 32.1. The molecular formula is C10H11NOS. The molecule has 1 aliphatic rings. The molecule has 1 aromatic rings. The molecule has 1 unspecified atom stereocenters. The van der Waals surface area contributed by atoms with Crippen LogP contribution in [0, 0.1) is 0 Å². The van der Waals surface area contributed by atoms with E-state index in [-0.39, 0.29) is 6.04 Å². The maximum atomic E-state index is 5.29. The van der Waals surface area contributed by atoms with Gasteiger partial charge in [-0.1, -0.05) is 30.3 Å². The van der Waals surface area contributed by atoms with Gasteiger partial charge in [-0.05, 0) is 17.8 Å². The molecule has 13 heavy (non-hydrogen) atoms. The Hall–Kier alpha value is -1.09. The predicted octanol–water partition coefficient (Wildman–Crippen LogP) is 1.97. The van der Waals surface area contributed by atoms with E-state index in [0.717, 1.165) is 0 Å². The summed E-state index contributed by atoms with van der Waals surface area (Å²) in [5.74, 6) is 0. The summed E-state index contributed by atoms with van der Waals surface area (Å²) in [6, 6.07) is 10.6. The molecule has 68 valence electrons. The first-order chi connectivity index (χ1) is 6.29. The first-order valence-corrected chi connectivity index (χ1v) is 4.64. The average molecular weight is 193 g/mol. The van der Waals surface area contributed by atoms with Gasteiger partial charge in [0.05, 0.1) is 6.04 Å². The van der Waals surface area contributed by atoms with Crippen molar-refractivity contribution in [3.63, 3.8) is 0 Å². The lowest BCUT2D eigenvalue weighted by Gasteiger charge is -2.17. The third-order valence-corrected chi connectivity index (χ3v) is 2.71. The molecule has 3 heteroatoms. The van der Waals surface area contributed by atoms with E-state index in [0.29, 0.717) is 11.8 Å². The average Bonchev–Trinajstić information content (AvgIpc) is 2.49. The molecule has 0 bridgehead atoms. The monoisotopic (exact) mass is 193 g/mol. The topological polar surface area (TPSA) is 12.5 Å². The van der Waals surface area contributed by atoms with Crippen LogP contribution in [0.15, 0.2) is 30.3 Å². The van der Waals surface area contributed by atoms with Gasteiger partial charge >= 0.3 is 0 Å². The van der Waals surface area contributed by atoms with Crippen molar-refractivity contribution in [2.24, 2.45) is 0 Å². The number of hydrogen-bond acceptors (Lipinski definition) is 2. The number of thiocarbonyl (C=S) groups is 1. The first kappa shape index (κ1) is 8.51. The van der Waals surface area contributed by atoms with Crippen LogP contribution in [-0.4, -0.2) is 23.7 Å². The summed E-state index contributed by atoms with van der Waals surface area (Å²) < 4.78 is 5.29. The molecule has 0 radical (unpaired) electrons. The van der Waals surface area contributed by atoms with Crippen LogP contribution < -0.4 is 0 Å². The number of hydrogen-bond donors (Lipinski definition) is 0. The second kappa shape index (κ2) is 3.34. The largest absolute Gasteiger partial charge is 0.468 e. The van der Waals surface area contributed by atoms with Crippen LogP contribution in [0.2, 0.25) is 0 Å². The van der Waals surface area contributed by atoms with Gasteiger partial charge in [0.25, 0.3) is 5.17 Å². The maximum absolute atomic E-state index is 5.29. The molecule has 2 rings (SSSR count). The van der Waals surface area contributed by atoms with Gasteiger partial charge in [-0.15, -0.1) is 0 Å². The van der Waals surface area contributed by atoms with Crippen molar-refractivity contribution in [2.75, 3.05) is 13.7 Å². The Labute approximate surface area is 83.1 Å². The second-order valence-corrected chi connectivity index (χ2v) is 3.46. The Balaban J connectivity index is 2.24. The van der Waals surface area contributed by atoms with Crippen LogP contribution in [0.5, 0.6) is 0 Å². The van der Waals surface area contributed by atoms with Gasteiger partial charge in [0.1, 0.15) is 6.61 Å². The first-order valence-electron chi connectivity index (χ1n) is 4.23. The molecule has 0 N–H and O–H groups in total. The van der Waals surface area contributed by atoms with Crippen LogP contribution >= 0.6 is 12.2 Å². The second-order valence-electron chi connectivity index (χ2n) is 3.11. The SMILES string of the molecule is CN1C(=S)OCC1c1ccccc1. The number of ether oxygens (including phenoxy) is 1. The highest BCUT2D eigenvalue weighted by molar-refractivity contribution is 7.80. The van der Waals surface area contributed by atoms with Gasteiger partial charge < -0.3 is 9.64 Å². The summed E-state index contributed by atoms with van der Waals surface area (Å²) >= 11 is 5.02. The lowest BCUT2D eigenvalue weighted by Crippen LogP contribution is -2.22. The summed E-state index contributed by atoms with van der Waals surface area (Å²) in [5, 5.41) is 0.592. The number of likely N-dealkylation sites (N-methyl/N-ethyl adjacent to an activating group) is 1. The molecule has 1 aliphatic heterocycles. The van der Waals surface area contributed by atoms with Gasteiger partial charge in [0, 0.05) is 7.05 Å². The molecule has 1 heterocycles. The maximum Gasteiger partial charge on any atom is 0.259 e. The van der Waals surface area contributed by atoms with Gasteiger partial charge in [0.15, 0.2) is 0 Å². The van der Waals surface area contributed by atoms with Gasteiger partial charge in [-0.2, -0.15) is 0 Å². The molecule has 0 aliphatic carbocycles. The van der Waals surface area contributed by atoms with Gasteiger partial charge in [-0.25, -0.2) is 0 Å². The molecule has 2 nitrogen and oxygen atoms in total. The van der Waals surface area contributed by atoms with Crippen molar-refractivity contribution in [3.05, 3.63) is 35.9 Å². The third-order valence-electron chi connectivity index (χ3n) is 2.30. The minimum atomic E-state index is 0.286. The number of rotatable bonds is 1. The van der Waals surface area contributed by atoms with Crippen molar-refractivity contribution in [1.82, 2.24) is 4.90 Å². The van der Waals surface area contributed by atoms with E-state index >= 15 is 0 Å². The van der Waals surface area contributed by atoms with Gasteiger partial charge in [-0.3, -0.25) is 0 Å². The van der Waals surface area contributed by atoms with E-state index in [1.165, 1.54) is 5.56 Å². The molecule has 1 atom stereocenters. The number of benzene rings is 1. The van der Waals surface area contributed by atoms with Crippen molar-refractivity contribution in [3.8, 4) is 0 Å². The Morgan fingerprint density at radius 1 is 1.38 bits per heavy atom. The van der Waals surface area contributed by atoms with Crippen molar-refractivity contribution in [1.29, 1.82) is 0 Å². The van der Waals surface area contributed by atoms with E-state index in [1.54, 1.807) is 0 Å². The van der Waals surface area contributed by atoms with E-state index in [9.17, 15) is 0 Å². The Morgan fingerprint density at radius 3 is 2.62 bits per heavy atom. The third kappa shape index (κ3) is 1.52. The quantitative estimate of drug-likeness (QED) is 0.633. The minimum absolute atomic E-state index is 0.286. The summed E-state index contributed by atoms with van der Waals surface area (Å²) in [4.78, 5) is 1.99. The summed E-state index contributed by atoms with van der Waals surface area (Å²) in [7, 11) is 1.97. The van der Waals surface area contributed by atoms with E-state index < -0.39 is 0 Å². The minimum Gasteiger partial charge on any atom is -0.468 e. The van der Waals surface area contributed by atoms with Crippen LogP contribution in [0.1, 0.15) is 11.6 Å². The molecule has 0 spiro atoms. The molecule has 1 aromatic carbocycles. The smallest absolute Gasteiger partial charge is 0.259 e. The highest BCUT2D eigenvalue weighted by Crippen LogP contribution is 2.25. The Bertz CT molecular complexity index is 312. The van der Waals surface area contributed by atoms with Crippen molar-refractivity contribution < 1.29 is 4.74 Å². The van der Waals surface area contributed by atoms with Crippen LogP contribution in [-0.2, 0) is 4.74 Å². The molecule has 0 amide bonds. The standard InChI is InChI=1S/C10H11NOS/c1-11-9(7-12-10(11)13)8-5-3-2-4-6-8/h2-6,9H,7H2,1H3. The van der Waals surface area contributed by atoms with Crippen LogP contribution in [0.4, 0.5) is 0 Å². The Morgan fingerprint density at radius 2 is 2.08 bits per heavy atom. The van der Waals surface area contributed by atoms with Crippen LogP contribution in [0.25, 0.3) is 0 Å². The zero-order chi connectivity index (χ0) is 9.26. The van der Waals surface area contributed by atoms with E-state index in [2.05, 4.69) is 12.1 Å². The van der Waals surface area contributed by atoms with E-state index in [1.807, 2.05) is 30.1 Å². The molecule has 1 saturated heterocycles. The fourth-order valence-corrected chi connectivity index (χ4v) is 1.68. The van der Waals surface area contributed by atoms with Crippen molar-refractivity contribution in [2.45, 2.75) is 6.04 Å². The molecule has 1 fully saturated rings. The van der Waals surface area contributed by atoms with E-state index in [4.69, 9.17) is 17.0 Å². The lowest BCUT2D eigenvalue weighted by molar-refractivity contribution is 0.324. The highest BCUT2D eigenvalue weighted by Gasteiger charge is 2.27. The fourth-order valence-electron chi connectivity index (χ4n) is 1.49. The molecular weight excluding hydrogens is 182 g/mol. The normalized spacial score (nSPS) is 21.8. The van der Waals surface area contributed by atoms with Crippen molar-refractivity contribution >= 4 is 17.4 Å².